The van der Waals surface area contributed by atoms with Crippen LogP contribution in [0, 0.1) is 23.7 Å². The van der Waals surface area contributed by atoms with Gasteiger partial charge in [-0.3, -0.25) is 0 Å². The maximum absolute atomic E-state index is 6.06. The Morgan fingerprint density at radius 2 is 0.725 bits per heavy atom. The van der Waals surface area contributed by atoms with Crippen molar-refractivity contribution < 1.29 is 9.47 Å². The molecule has 2 heteroatoms. The minimum atomic E-state index is 0.846. The van der Waals surface area contributed by atoms with Crippen molar-refractivity contribution in [1.29, 1.82) is 0 Å². The third-order valence-corrected chi connectivity index (χ3v) is 10.2. The van der Waals surface area contributed by atoms with E-state index in [-0.39, 0.29) is 0 Å². The summed E-state index contributed by atoms with van der Waals surface area (Å²) in [7, 11) is 0. The summed E-state index contributed by atoms with van der Waals surface area (Å²) in [4.78, 5) is 0. The zero-order valence-electron chi connectivity index (χ0n) is 26.8. The van der Waals surface area contributed by atoms with Gasteiger partial charge >= 0.3 is 0 Å². The van der Waals surface area contributed by atoms with Crippen molar-refractivity contribution >= 4 is 0 Å². The van der Waals surface area contributed by atoms with Crippen molar-refractivity contribution in [1.82, 2.24) is 0 Å². The molecule has 2 aliphatic rings. The smallest absolute Gasteiger partial charge is 0.119 e. The van der Waals surface area contributed by atoms with Crippen LogP contribution in [0.5, 0.6) is 11.5 Å². The van der Waals surface area contributed by atoms with Crippen LogP contribution >= 0.6 is 0 Å². The van der Waals surface area contributed by atoms with Crippen LogP contribution in [-0.2, 0) is 0 Å². The second kappa shape index (κ2) is 21.5. The van der Waals surface area contributed by atoms with Gasteiger partial charge in [-0.1, -0.05) is 142 Å². The van der Waals surface area contributed by atoms with Crippen LogP contribution in [0.2, 0.25) is 0 Å². The normalized spacial score (nSPS) is 23.2. The second-order valence-electron chi connectivity index (χ2n) is 13.6. The highest BCUT2D eigenvalue weighted by Gasteiger charge is 2.21. The maximum atomic E-state index is 6.06. The van der Waals surface area contributed by atoms with E-state index >= 15 is 0 Å². The van der Waals surface area contributed by atoms with Gasteiger partial charge in [-0.2, -0.15) is 0 Å². The molecule has 0 unspecified atom stereocenters. The molecule has 0 aromatic heterocycles. The molecule has 0 saturated heterocycles. The van der Waals surface area contributed by atoms with Gasteiger partial charge in [0.15, 0.2) is 0 Å². The van der Waals surface area contributed by atoms with E-state index in [1.807, 2.05) is 0 Å². The average Bonchev–Trinajstić information content (AvgIpc) is 2.99. The highest BCUT2D eigenvalue weighted by Crippen LogP contribution is 2.35. The summed E-state index contributed by atoms with van der Waals surface area (Å²) in [6.07, 6.45) is 34.0. The summed E-state index contributed by atoms with van der Waals surface area (Å²) < 4.78 is 12.1. The van der Waals surface area contributed by atoms with Gasteiger partial charge in [0, 0.05) is 0 Å². The average molecular weight is 555 g/mol. The second-order valence-corrected chi connectivity index (χ2v) is 13.6. The van der Waals surface area contributed by atoms with Gasteiger partial charge in [0.25, 0.3) is 0 Å². The number of benzene rings is 1. The summed E-state index contributed by atoms with van der Waals surface area (Å²) in [5, 5.41) is 0. The molecule has 2 saturated carbocycles. The Bertz CT molecular complexity index is 636. The van der Waals surface area contributed by atoms with E-state index in [1.165, 1.54) is 154 Å². The van der Waals surface area contributed by atoms with Crippen molar-refractivity contribution in [2.45, 2.75) is 168 Å². The van der Waals surface area contributed by atoms with Crippen LogP contribution in [0.15, 0.2) is 24.3 Å². The van der Waals surface area contributed by atoms with Gasteiger partial charge in [0.1, 0.15) is 11.5 Å². The Kier molecular flexibility index (Phi) is 17.9. The molecule has 1 aromatic carbocycles. The first-order valence-electron chi connectivity index (χ1n) is 18.1. The first-order valence-corrected chi connectivity index (χ1v) is 18.1. The third kappa shape index (κ3) is 14.6. The van der Waals surface area contributed by atoms with Crippen LogP contribution in [0.4, 0.5) is 0 Å². The van der Waals surface area contributed by atoms with Crippen molar-refractivity contribution in [2.75, 3.05) is 13.2 Å². The van der Waals surface area contributed by atoms with Crippen molar-refractivity contribution in [3.63, 3.8) is 0 Å². The lowest BCUT2D eigenvalue weighted by Gasteiger charge is -2.28. The van der Waals surface area contributed by atoms with Gasteiger partial charge < -0.3 is 9.47 Å². The maximum Gasteiger partial charge on any atom is 0.119 e. The summed E-state index contributed by atoms with van der Waals surface area (Å²) in [6, 6.07) is 8.35. The Labute approximate surface area is 249 Å². The van der Waals surface area contributed by atoms with E-state index in [4.69, 9.17) is 9.47 Å². The van der Waals surface area contributed by atoms with Gasteiger partial charge in [0.05, 0.1) is 13.2 Å². The number of ether oxygens (including phenoxy) is 2. The molecule has 2 aliphatic carbocycles. The topological polar surface area (TPSA) is 18.5 Å². The van der Waals surface area contributed by atoms with Crippen molar-refractivity contribution in [2.24, 2.45) is 23.7 Å². The van der Waals surface area contributed by atoms with Crippen LogP contribution in [-0.4, -0.2) is 13.2 Å². The lowest BCUT2D eigenvalue weighted by atomic mass is 9.78. The van der Waals surface area contributed by atoms with Gasteiger partial charge in [-0.15, -0.1) is 0 Å². The summed E-state index contributed by atoms with van der Waals surface area (Å²) >= 11 is 0. The number of hydrogen-bond acceptors (Lipinski definition) is 2. The number of unbranched alkanes of at least 4 members (excludes halogenated alkanes) is 8. The SMILES string of the molecule is CCCCCCCC1CCC(CCCOc2ccc(OCCCC3CCC(CCCCCCC)CC3)cc2)CC1. The molecule has 40 heavy (non-hydrogen) atoms. The predicted octanol–water partition coefficient (Wildman–Crippen LogP) is 12.3. The van der Waals surface area contributed by atoms with Crippen molar-refractivity contribution in [3.05, 3.63) is 24.3 Å². The molecular weight excluding hydrogens is 488 g/mol. The molecule has 3 rings (SSSR count). The minimum Gasteiger partial charge on any atom is -0.494 e. The minimum absolute atomic E-state index is 0.846. The fourth-order valence-electron chi connectivity index (χ4n) is 7.45. The number of rotatable bonds is 22. The highest BCUT2D eigenvalue weighted by atomic mass is 16.5. The van der Waals surface area contributed by atoms with Crippen LogP contribution in [0.3, 0.4) is 0 Å². The quantitative estimate of drug-likeness (QED) is 0.133. The van der Waals surface area contributed by atoms with E-state index < -0.39 is 0 Å². The van der Waals surface area contributed by atoms with Gasteiger partial charge in [0.2, 0.25) is 0 Å². The zero-order chi connectivity index (χ0) is 28.1. The molecular formula is C38H66O2. The third-order valence-electron chi connectivity index (χ3n) is 10.2. The molecule has 0 bridgehead atoms. The Hall–Kier alpha value is -1.18. The Morgan fingerprint density at radius 1 is 0.425 bits per heavy atom. The molecule has 0 atom stereocenters. The Morgan fingerprint density at radius 3 is 1.05 bits per heavy atom. The molecule has 2 nitrogen and oxygen atoms in total. The van der Waals surface area contributed by atoms with Crippen molar-refractivity contribution in [3.8, 4) is 11.5 Å². The molecule has 1 aromatic rings. The molecule has 0 spiro atoms. The van der Waals surface area contributed by atoms with Crippen LogP contribution in [0.25, 0.3) is 0 Å². The lowest BCUT2D eigenvalue weighted by molar-refractivity contribution is 0.226. The molecule has 0 heterocycles. The molecule has 0 aliphatic heterocycles. The molecule has 2 fully saturated rings. The standard InChI is InChI=1S/C38H66O2/c1-3-5-7-9-11-15-33-19-23-35(24-20-33)17-13-31-39-37-27-29-38(30-28-37)40-32-14-18-36-25-21-34(22-26-36)16-12-10-8-6-4-2/h27-30,33-36H,3-26,31-32H2,1-2H3. The summed E-state index contributed by atoms with van der Waals surface area (Å²) in [5.41, 5.74) is 0. The van der Waals surface area contributed by atoms with Crippen LogP contribution < -0.4 is 9.47 Å². The first kappa shape index (κ1) is 33.3. The van der Waals surface area contributed by atoms with E-state index in [1.54, 1.807) is 0 Å². The summed E-state index contributed by atoms with van der Waals surface area (Å²) in [5.74, 6) is 5.88. The fraction of sp³-hybridized carbons (Fsp3) is 0.842. The van der Waals surface area contributed by atoms with E-state index in [9.17, 15) is 0 Å². The molecule has 230 valence electrons. The van der Waals surface area contributed by atoms with E-state index in [2.05, 4.69) is 38.1 Å². The predicted molar refractivity (Wildman–Crippen MR) is 174 cm³/mol. The van der Waals surface area contributed by atoms with E-state index in [0.29, 0.717) is 0 Å². The highest BCUT2D eigenvalue weighted by molar-refractivity contribution is 5.31. The Balaban J connectivity index is 1.14. The van der Waals surface area contributed by atoms with Crippen LogP contribution in [0.1, 0.15) is 168 Å². The zero-order valence-corrected chi connectivity index (χ0v) is 26.8. The lowest BCUT2D eigenvalue weighted by Crippen LogP contribution is -2.15. The first-order chi connectivity index (χ1) is 19.8. The van der Waals surface area contributed by atoms with Gasteiger partial charge in [-0.05, 0) is 73.6 Å². The largest absolute Gasteiger partial charge is 0.494 e. The summed E-state index contributed by atoms with van der Waals surface area (Å²) in [6.45, 7) is 6.30. The molecule has 0 radical (unpaired) electrons. The number of hydrogen-bond donors (Lipinski definition) is 0. The molecule has 0 N–H and O–H groups in total. The van der Waals surface area contributed by atoms with Gasteiger partial charge in [-0.25, -0.2) is 0 Å². The van der Waals surface area contributed by atoms with E-state index in [0.717, 1.165) is 48.4 Å². The molecule has 0 amide bonds. The fourth-order valence-corrected chi connectivity index (χ4v) is 7.45. The monoisotopic (exact) mass is 555 g/mol.